The number of rotatable bonds is 3. The van der Waals surface area contributed by atoms with Crippen molar-refractivity contribution in [2.24, 2.45) is 0 Å². The number of nitrogens with one attached hydrogen (secondary N) is 1. The molecule has 0 bridgehead atoms. The van der Waals surface area contributed by atoms with Gasteiger partial charge in [0.25, 0.3) is 0 Å². The van der Waals surface area contributed by atoms with Crippen molar-refractivity contribution in [2.45, 2.75) is 19.8 Å². The van der Waals surface area contributed by atoms with Crippen LogP contribution in [0.4, 0.5) is 0 Å². The van der Waals surface area contributed by atoms with E-state index in [-0.39, 0.29) is 11.5 Å². The number of hydrogen-bond donors (Lipinski definition) is 1. The third-order valence-corrected chi connectivity index (χ3v) is 2.87. The van der Waals surface area contributed by atoms with Crippen molar-refractivity contribution in [3.05, 3.63) is 46.4 Å². The Morgan fingerprint density at radius 3 is 2.83 bits per heavy atom. The molecule has 1 N–H and O–H groups in total. The zero-order valence-corrected chi connectivity index (χ0v) is 10.4. The van der Waals surface area contributed by atoms with Crippen LogP contribution in [0.5, 0.6) is 0 Å². The molecule has 94 valence electrons. The van der Waals surface area contributed by atoms with Crippen molar-refractivity contribution in [3.63, 3.8) is 0 Å². The summed E-state index contributed by atoms with van der Waals surface area (Å²) in [5.74, 6) is -0.812. The number of benzene rings is 1. The summed E-state index contributed by atoms with van der Waals surface area (Å²) >= 11 is 0. The highest BCUT2D eigenvalue weighted by molar-refractivity contribution is 5.89. The van der Waals surface area contributed by atoms with E-state index in [2.05, 4.69) is 4.98 Å². The Morgan fingerprint density at radius 1 is 1.39 bits per heavy atom. The van der Waals surface area contributed by atoms with Crippen LogP contribution in [0.15, 0.2) is 35.1 Å². The Bertz CT molecular complexity index is 630. The fourth-order valence-corrected chi connectivity index (χ4v) is 1.97. The van der Waals surface area contributed by atoms with Crippen molar-refractivity contribution in [2.75, 3.05) is 6.61 Å². The van der Waals surface area contributed by atoms with Crippen LogP contribution in [-0.4, -0.2) is 17.6 Å². The predicted molar refractivity (Wildman–Crippen MR) is 69.6 cm³/mol. The largest absolute Gasteiger partial charge is 0.465 e. The number of carbonyl (C=O) groups is 1. The number of pyridine rings is 1. The first-order valence-electron chi connectivity index (χ1n) is 5.92. The minimum absolute atomic E-state index is 0.208. The number of fused-ring (bicyclic) bond motifs is 1. The summed E-state index contributed by atoms with van der Waals surface area (Å²) in [4.78, 5) is 26.1. The van der Waals surface area contributed by atoms with Gasteiger partial charge < -0.3 is 9.72 Å². The Hall–Kier alpha value is -2.10. The Kier molecular flexibility index (Phi) is 3.46. The van der Waals surface area contributed by atoms with Crippen molar-refractivity contribution >= 4 is 16.7 Å². The Balaban J connectivity index is 2.56. The molecule has 4 nitrogen and oxygen atoms in total. The molecule has 2 aromatic rings. The molecule has 0 radical (unpaired) electrons. The van der Waals surface area contributed by atoms with Gasteiger partial charge in [0.2, 0.25) is 5.56 Å². The van der Waals surface area contributed by atoms with E-state index in [1.807, 2.05) is 24.3 Å². The van der Waals surface area contributed by atoms with Gasteiger partial charge >= 0.3 is 5.97 Å². The maximum atomic E-state index is 11.8. The van der Waals surface area contributed by atoms with Crippen LogP contribution in [0.3, 0.4) is 0 Å². The molecule has 0 aliphatic rings. The number of esters is 1. The van der Waals surface area contributed by atoms with Gasteiger partial charge in [0, 0.05) is 17.1 Å². The van der Waals surface area contributed by atoms with Crippen LogP contribution in [-0.2, 0) is 9.53 Å². The Morgan fingerprint density at radius 2 is 2.11 bits per heavy atom. The van der Waals surface area contributed by atoms with Crippen molar-refractivity contribution in [3.8, 4) is 0 Å². The quantitative estimate of drug-likeness (QED) is 0.843. The topological polar surface area (TPSA) is 59.2 Å². The Labute approximate surface area is 105 Å². The van der Waals surface area contributed by atoms with Crippen molar-refractivity contribution < 1.29 is 9.53 Å². The molecular weight excluding hydrogens is 230 g/mol. The first kappa shape index (κ1) is 12.4. The van der Waals surface area contributed by atoms with Gasteiger partial charge in [-0.25, -0.2) is 0 Å². The summed E-state index contributed by atoms with van der Waals surface area (Å²) in [5.41, 5.74) is 0.399. The zero-order valence-electron chi connectivity index (χ0n) is 10.4. The van der Waals surface area contributed by atoms with Gasteiger partial charge in [0.1, 0.15) is 0 Å². The van der Waals surface area contributed by atoms with Crippen LogP contribution in [0.2, 0.25) is 0 Å². The SMILES string of the molecule is CCOC(=O)C(C)c1[nH]c(=O)cc2ccccc12. The second-order valence-electron chi connectivity index (χ2n) is 4.11. The van der Waals surface area contributed by atoms with E-state index in [0.29, 0.717) is 12.3 Å². The molecule has 0 aliphatic carbocycles. The summed E-state index contributed by atoms with van der Waals surface area (Å²) in [6.07, 6.45) is 0. The van der Waals surface area contributed by atoms with Gasteiger partial charge in [0.15, 0.2) is 0 Å². The molecule has 0 amide bonds. The second-order valence-corrected chi connectivity index (χ2v) is 4.11. The third-order valence-electron chi connectivity index (χ3n) is 2.87. The zero-order chi connectivity index (χ0) is 13.1. The number of H-pyrrole nitrogens is 1. The lowest BCUT2D eigenvalue weighted by molar-refractivity contribution is -0.144. The van der Waals surface area contributed by atoms with Gasteiger partial charge in [-0.1, -0.05) is 24.3 Å². The van der Waals surface area contributed by atoms with Gasteiger partial charge in [-0.15, -0.1) is 0 Å². The van der Waals surface area contributed by atoms with Crippen LogP contribution < -0.4 is 5.56 Å². The van der Waals surface area contributed by atoms with Crippen molar-refractivity contribution in [1.29, 1.82) is 0 Å². The minimum Gasteiger partial charge on any atom is -0.465 e. The standard InChI is InChI=1S/C14H15NO3/c1-3-18-14(17)9(2)13-11-7-5-4-6-10(11)8-12(16)15-13/h4-9H,3H2,1-2H3,(H,15,16). The molecule has 0 aliphatic heterocycles. The first-order chi connectivity index (χ1) is 8.63. The first-order valence-corrected chi connectivity index (χ1v) is 5.92. The van der Waals surface area contributed by atoms with Crippen LogP contribution >= 0.6 is 0 Å². The normalized spacial score (nSPS) is 12.3. The number of hydrogen-bond acceptors (Lipinski definition) is 3. The summed E-state index contributed by atoms with van der Waals surface area (Å²) in [7, 11) is 0. The molecule has 18 heavy (non-hydrogen) atoms. The summed E-state index contributed by atoms with van der Waals surface area (Å²) in [6.45, 7) is 3.82. The average molecular weight is 245 g/mol. The van der Waals surface area contributed by atoms with Crippen molar-refractivity contribution in [1.82, 2.24) is 4.98 Å². The van der Waals surface area contributed by atoms with Gasteiger partial charge in [-0.3, -0.25) is 9.59 Å². The van der Waals surface area contributed by atoms with E-state index in [1.165, 1.54) is 6.07 Å². The fourth-order valence-electron chi connectivity index (χ4n) is 1.97. The number of carbonyl (C=O) groups excluding carboxylic acids is 1. The van der Waals surface area contributed by atoms with E-state index in [0.717, 1.165) is 10.8 Å². The molecule has 0 spiro atoms. The predicted octanol–water partition coefficient (Wildman–Crippen LogP) is 2.19. The van der Waals surface area contributed by atoms with Gasteiger partial charge in [0.05, 0.1) is 12.5 Å². The van der Waals surface area contributed by atoms with Gasteiger partial charge in [-0.05, 0) is 19.2 Å². The molecule has 0 fully saturated rings. The fraction of sp³-hybridized carbons (Fsp3) is 0.286. The molecule has 1 atom stereocenters. The maximum Gasteiger partial charge on any atom is 0.314 e. The molecule has 1 unspecified atom stereocenters. The van der Waals surface area contributed by atoms with Gasteiger partial charge in [-0.2, -0.15) is 0 Å². The molecule has 1 aromatic heterocycles. The second kappa shape index (κ2) is 5.04. The molecule has 2 rings (SSSR count). The molecular formula is C14H15NO3. The smallest absolute Gasteiger partial charge is 0.314 e. The average Bonchev–Trinajstić information content (AvgIpc) is 2.37. The molecule has 1 heterocycles. The van der Waals surface area contributed by atoms with Crippen LogP contribution in [0, 0.1) is 0 Å². The number of ether oxygens (including phenoxy) is 1. The lowest BCUT2D eigenvalue weighted by Gasteiger charge is -2.13. The summed E-state index contributed by atoms with van der Waals surface area (Å²) in [5, 5.41) is 1.70. The highest BCUT2D eigenvalue weighted by Gasteiger charge is 2.19. The summed E-state index contributed by atoms with van der Waals surface area (Å²) in [6, 6.07) is 9.00. The third kappa shape index (κ3) is 2.27. The summed E-state index contributed by atoms with van der Waals surface area (Å²) < 4.78 is 4.99. The highest BCUT2D eigenvalue weighted by Crippen LogP contribution is 2.22. The van der Waals surface area contributed by atoms with E-state index in [9.17, 15) is 9.59 Å². The lowest BCUT2D eigenvalue weighted by Crippen LogP contribution is -2.18. The van der Waals surface area contributed by atoms with Crippen LogP contribution in [0.25, 0.3) is 10.8 Å². The maximum absolute atomic E-state index is 11.8. The molecule has 0 saturated heterocycles. The van der Waals surface area contributed by atoms with E-state index < -0.39 is 5.92 Å². The monoisotopic (exact) mass is 245 g/mol. The van der Waals surface area contributed by atoms with E-state index in [4.69, 9.17) is 4.74 Å². The molecule has 0 saturated carbocycles. The lowest BCUT2D eigenvalue weighted by atomic mass is 10.0. The van der Waals surface area contributed by atoms with E-state index in [1.54, 1.807) is 13.8 Å². The number of aromatic nitrogens is 1. The number of aromatic amines is 1. The minimum atomic E-state index is -0.483. The molecule has 1 aromatic carbocycles. The van der Waals surface area contributed by atoms with E-state index >= 15 is 0 Å². The van der Waals surface area contributed by atoms with Crippen LogP contribution in [0.1, 0.15) is 25.5 Å². The molecule has 4 heteroatoms. The highest BCUT2D eigenvalue weighted by atomic mass is 16.5.